The summed E-state index contributed by atoms with van der Waals surface area (Å²) in [6.45, 7) is 7.70. The fraction of sp³-hybridized carbons (Fsp3) is 0.615. The fourth-order valence-electron chi connectivity index (χ4n) is 1.73. The van der Waals surface area contributed by atoms with Crippen LogP contribution in [0.1, 0.15) is 55.7 Å². The summed E-state index contributed by atoms with van der Waals surface area (Å²) in [5.41, 5.74) is 1.61. The summed E-state index contributed by atoms with van der Waals surface area (Å²) < 4.78 is 5.54. The zero-order valence-corrected chi connectivity index (χ0v) is 11.4. The van der Waals surface area contributed by atoms with E-state index < -0.39 is 5.97 Å². The first-order valence-electron chi connectivity index (χ1n) is 6.33. The standard InChI is InChI=1S/C13H20N2O3/c1-5-8(4)18-12-11(13(16)17)9(6-2)10(7-3)14-15-12/h8H,5-7H2,1-4H3,(H,16,17). The van der Waals surface area contributed by atoms with Gasteiger partial charge in [0.1, 0.15) is 5.56 Å². The van der Waals surface area contributed by atoms with Gasteiger partial charge < -0.3 is 9.84 Å². The SMILES string of the molecule is CCc1nnc(OC(C)CC)c(C(=O)O)c1CC. The molecule has 100 valence electrons. The minimum Gasteiger partial charge on any atom is -0.477 e. The number of aromatic nitrogens is 2. The van der Waals surface area contributed by atoms with Crippen LogP contribution in [0.15, 0.2) is 0 Å². The average molecular weight is 252 g/mol. The van der Waals surface area contributed by atoms with Crippen LogP contribution in [0.25, 0.3) is 0 Å². The molecule has 0 aliphatic heterocycles. The third-order valence-corrected chi connectivity index (χ3v) is 2.92. The number of aromatic carboxylic acids is 1. The van der Waals surface area contributed by atoms with Crippen LogP contribution < -0.4 is 4.74 Å². The Kier molecular flexibility index (Phi) is 5.07. The van der Waals surface area contributed by atoms with Gasteiger partial charge in [-0.05, 0) is 31.7 Å². The first-order chi connectivity index (χ1) is 8.54. The lowest BCUT2D eigenvalue weighted by Gasteiger charge is -2.16. The summed E-state index contributed by atoms with van der Waals surface area (Å²) in [5.74, 6) is -0.874. The van der Waals surface area contributed by atoms with Crippen molar-refractivity contribution in [1.82, 2.24) is 10.2 Å². The Bertz CT molecular complexity index is 432. The molecule has 0 amide bonds. The van der Waals surface area contributed by atoms with Crippen LogP contribution in [-0.4, -0.2) is 27.4 Å². The molecule has 0 aliphatic carbocycles. The maximum absolute atomic E-state index is 11.4. The summed E-state index contributed by atoms with van der Waals surface area (Å²) in [5, 5.41) is 17.3. The molecule has 1 aromatic rings. The molecule has 0 saturated heterocycles. The molecule has 1 rings (SSSR count). The Labute approximate surface area is 107 Å². The normalized spacial score (nSPS) is 12.2. The van der Waals surface area contributed by atoms with Gasteiger partial charge in [-0.25, -0.2) is 4.79 Å². The van der Waals surface area contributed by atoms with Gasteiger partial charge in [0.2, 0.25) is 5.88 Å². The number of carboxylic acids is 1. The Morgan fingerprint density at radius 3 is 2.39 bits per heavy atom. The minimum absolute atomic E-state index is 0.0745. The highest BCUT2D eigenvalue weighted by molar-refractivity contribution is 5.92. The smallest absolute Gasteiger partial charge is 0.341 e. The van der Waals surface area contributed by atoms with Crippen LogP contribution in [0.2, 0.25) is 0 Å². The first kappa shape index (κ1) is 14.4. The van der Waals surface area contributed by atoms with Crippen molar-refractivity contribution >= 4 is 5.97 Å². The van der Waals surface area contributed by atoms with E-state index in [9.17, 15) is 9.90 Å². The molecular formula is C13H20N2O3. The van der Waals surface area contributed by atoms with Crippen LogP contribution >= 0.6 is 0 Å². The summed E-state index contributed by atoms with van der Waals surface area (Å²) in [4.78, 5) is 11.4. The van der Waals surface area contributed by atoms with E-state index in [-0.39, 0.29) is 17.5 Å². The van der Waals surface area contributed by atoms with E-state index in [4.69, 9.17) is 4.74 Å². The van der Waals surface area contributed by atoms with Crippen LogP contribution in [0.3, 0.4) is 0 Å². The van der Waals surface area contributed by atoms with Crippen LogP contribution in [0, 0.1) is 0 Å². The summed E-state index contributed by atoms with van der Waals surface area (Å²) >= 11 is 0. The Hall–Kier alpha value is -1.65. The van der Waals surface area contributed by atoms with E-state index in [1.165, 1.54) is 0 Å². The van der Waals surface area contributed by atoms with Gasteiger partial charge in [-0.15, -0.1) is 5.10 Å². The lowest BCUT2D eigenvalue weighted by molar-refractivity contribution is 0.0685. The molecule has 5 heteroatoms. The van der Waals surface area contributed by atoms with E-state index in [0.29, 0.717) is 12.8 Å². The molecule has 1 N–H and O–H groups in total. The van der Waals surface area contributed by atoms with Gasteiger partial charge in [0, 0.05) is 0 Å². The minimum atomic E-state index is -1.00. The van der Waals surface area contributed by atoms with Crippen molar-refractivity contribution in [3.63, 3.8) is 0 Å². The second-order valence-electron chi connectivity index (χ2n) is 4.15. The van der Waals surface area contributed by atoms with Crippen LogP contribution in [0.5, 0.6) is 5.88 Å². The van der Waals surface area contributed by atoms with Gasteiger partial charge in [0.15, 0.2) is 0 Å². The van der Waals surface area contributed by atoms with Gasteiger partial charge in [-0.1, -0.05) is 20.8 Å². The largest absolute Gasteiger partial charge is 0.477 e. The van der Waals surface area contributed by atoms with Crippen molar-refractivity contribution in [1.29, 1.82) is 0 Å². The lowest BCUT2D eigenvalue weighted by Crippen LogP contribution is -2.17. The van der Waals surface area contributed by atoms with Gasteiger partial charge >= 0.3 is 5.97 Å². The molecule has 0 aliphatic rings. The van der Waals surface area contributed by atoms with E-state index in [2.05, 4.69) is 10.2 Å². The monoisotopic (exact) mass is 252 g/mol. The maximum Gasteiger partial charge on any atom is 0.341 e. The molecule has 0 bridgehead atoms. The lowest BCUT2D eigenvalue weighted by atomic mass is 10.0. The molecule has 0 fully saturated rings. The molecule has 0 spiro atoms. The van der Waals surface area contributed by atoms with Gasteiger partial charge in [0.25, 0.3) is 0 Å². The second kappa shape index (κ2) is 6.33. The number of rotatable bonds is 6. The van der Waals surface area contributed by atoms with E-state index in [0.717, 1.165) is 17.7 Å². The molecule has 5 nitrogen and oxygen atoms in total. The van der Waals surface area contributed by atoms with Gasteiger partial charge in [-0.3, -0.25) is 0 Å². The quantitative estimate of drug-likeness (QED) is 0.842. The molecule has 18 heavy (non-hydrogen) atoms. The molecule has 1 aromatic heterocycles. The number of carbonyl (C=O) groups is 1. The molecule has 1 unspecified atom stereocenters. The maximum atomic E-state index is 11.4. The first-order valence-corrected chi connectivity index (χ1v) is 6.33. The van der Waals surface area contributed by atoms with E-state index in [1.807, 2.05) is 27.7 Å². The predicted octanol–water partition coefficient (Wildman–Crippen LogP) is 2.48. The summed E-state index contributed by atoms with van der Waals surface area (Å²) in [6.07, 6.45) is 1.99. The number of hydrogen-bond acceptors (Lipinski definition) is 4. The van der Waals surface area contributed by atoms with Crippen molar-refractivity contribution in [2.24, 2.45) is 0 Å². The number of aryl methyl sites for hydroxylation is 1. The third-order valence-electron chi connectivity index (χ3n) is 2.92. The fourth-order valence-corrected chi connectivity index (χ4v) is 1.73. The summed E-state index contributed by atoms with van der Waals surface area (Å²) in [6, 6.07) is 0. The van der Waals surface area contributed by atoms with E-state index >= 15 is 0 Å². The third kappa shape index (κ3) is 2.97. The number of hydrogen-bond donors (Lipinski definition) is 1. The Balaban J connectivity index is 3.30. The molecule has 1 heterocycles. The van der Waals surface area contributed by atoms with Crippen molar-refractivity contribution in [2.45, 2.75) is 53.1 Å². The predicted molar refractivity (Wildman–Crippen MR) is 68.1 cm³/mol. The second-order valence-corrected chi connectivity index (χ2v) is 4.15. The zero-order valence-electron chi connectivity index (χ0n) is 11.4. The molecule has 1 atom stereocenters. The number of ether oxygens (including phenoxy) is 1. The Morgan fingerprint density at radius 1 is 1.28 bits per heavy atom. The molecule has 0 saturated carbocycles. The summed E-state index contributed by atoms with van der Waals surface area (Å²) in [7, 11) is 0. The highest BCUT2D eigenvalue weighted by atomic mass is 16.5. The topological polar surface area (TPSA) is 72.3 Å². The number of nitrogens with zero attached hydrogens (tertiary/aromatic N) is 2. The van der Waals surface area contributed by atoms with Crippen LogP contribution in [-0.2, 0) is 12.8 Å². The molecule has 0 radical (unpaired) electrons. The van der Waals surface area contributed by atoms with Crippen molar-refractivity contribution in [2.75, 3.05) is 0 Å². The van der Waals surface area contributed by atoms with Crippen molar-refractivity contribution in [3.05, 3.63) is 16.8 Å². The zero-order chi connectivity index (χ0) is 13.7. The van der Waals surface area contributed by atoms with E-state index in [1.54, 1.807) is 0 Å². The van der Waals surface area contributed by atoms with Crippen molar-refractivity contribution in [3.8, 4) is 5.88 Å². The molecular weight excluding hydrogens is 232 g/mol. The van der Waals surface area contributed by atoms with Gasteiger partial charge in [-0.2, -0.15) is 5.10 Å². The molecule has 0 aromatic carbocycles. The number of carboxylic acid groups (broad SMARTS) is 1. The average Bonchev–Trinajstić information content (AvgIpc) is 2.37. The van der Waals surface area contributed by atoms with Crippen LogP contribution in [0.4, 0.5) is 0 Å². The Morgan fingerprint density at radius 2 is 1.94 bits per heavy atom. The highest BCUT2D eigenvalue weighted by Gasteiger charge is 2.22. The highest BCUT2D eigenvalue weighted by Crippen LogP contribution is 2.23. The van der Waals surface area contributed by atoms with Crippen molar-refractivity contribution < 1.29 is 14.6 Å². The van der Waals surface area contributed by atoms with Gasteiger partial charge in [0.05, 0.1) is 11.8 Å².